The van der Waals surface area contributed by atoms with Crippen molar-refractivity contribution in [1.29, 1.82) is 5.26 Å². The lowest BCUT2D eigenvalue weighted by atomic mass is 9.63. The van der Waals surface area contributed by atoms with Gasteiger partial charge in [0, 0.05) is 17.0 Å². The van der Waals surface area contributed by atoms with E-state index in [2.05, 4.69) is 32.2 Å². The average molecular weight is 433 g/mol. The maximum absolute atomic E-state index is 15.1. The van der Waals surface area contributed by atoms with Crippen LogP contribution >= 0.6 is 23.2 Å². The first-order valence-corrected chi connectivity index (χ1v) is 10.2. The molecule has 0 aliphatic carbocycles. The summed E-state index contributed by atoms with van der Waals surface area (Å²) in [6.45, 7) is 6.21. The molecule has 2 aromatic rings. The summed E-state index contributed by atoms with van der Waals surface area (Å²) in [4.78, 5) is 12.0. The molecule has 3 rings (SSSR count). The zero-order valence-corrected chi connectivity index (χ0v) is 18.1. The number of hydrogen-bond acceptors (Lipinski definition) is 3. The molecule has 0 radical (unpaired) electrons. The smallest absolute Gasteiger partial charge is 0.145 e. The second kappa shape index (κ2) is 8.07. The van der Waals surface area contributed by atoms with E-state index < -0.39 is 23.2 Å². The standard InChI is InChI=1S/C23H23Cl2FN2O/c1-22(2,3)11-19-23(13-27,14-7-9-15(24)10-8-14)20(18(12-29)28-19)16-5-4-6-17(25)21(16)26/h4-10,12,18-20,28H,11H2,1-3H3/t18-,19-,20-,23-/m0/s1. The summed E-state index contributed by atoms with van der Waals surface area (Å²) < 4.78 is 15.1. The lowest BCUT2D eigenvalue weighted by Crippen LogP contribution is -2.44. The maximum atomic E-state index is 15.1. The van der Waals surface area contributed by atoms with Crippen LogP contribution in [0.4, 0.5) is 4.39 Å². The van der Waals surface area contributed by atoms with Crippen LogP contribution in [0.3, 0.4) is 0 Å². The number of benzene rings is 2. The van der Waals surface area contributed by atoms with Crippen molar-refractivity contribution in [3.05, 3.63) is 69.5 Å². The Hall–Kier alpha value is -1.93. The van der Waals surface area contributed by atoms with E-state index in [0.29, 0.717) is 17.0 Å². The van der Waals surface area contributed by atoms with Crippen LogP contribution < -0.4 is 5.32 Å². The molecule has 1 aliphatic rings. The highest BCUT2D eigenvalue weighted by Crippen LogP contribution is 2.51. The highest BCUT2D eigenvalue weighted by Gasteiger charge is 2.58. The topological polar surface area (TPSA) is 52.9 Å². The minimum absolute atomic E-state index is 0.0330. The van der Waals surface area contributed by atoms with E-state index in [9.17, 15) is 10.1 Å². The van der Waals surface area contributed by atoms with Gasteiger partial charge in [0.25, 0.3) is 0 Å². The number of nitriles is 1. The van der Waals surface area contributed by atoms with Gasteiger partial charge in [-0.15, -0.1) is 0 Å². The molecular weight excluding hydrogens is 410 g/mol. The number of nitrogens with one attached hydrogen (secondary N) is 1. The number of carbonyl (C=O) groups is 1. The van der Waals surface area contributed by atoms with Crippen LogP contribution in [0.25, 0.3) is 0 Å². The van der Waals surface area contributed by atoms with Gasteiger partial charge in [0.2, 0.25) is 0 Å². The van der Waals surface area contributed by atoms with E-state index in [4.69, 9.17) is 23.2 Å². The minimum atomic E-state index is -1.17. The Balaban J connectivity index is 2.29. The second-order valence-corrected chi connectivity index (χ2v) is 9.60. The molecule has 0 saturated carbocycles. The van der Waals surface area contributed by atoms with E-state index >= 15 is 4.39 Å². The molecule has 0 bridgehead atoms. The van der Waals surface area contributed by atoms with Crippen LogP contribution in [0, 0.1) is 22.6 Å². The molecule has 1 saturated heterocycles. The van der Waals surface area contributed by atoms with Gasteiger partial charge >= 0.3 is 0 Å². The first-order valence-electron chi connectivity index (χ1n) is 9.46. The van der Waals surface area contributed by atoms with Crippen LogP contribution in [0.1, 0.15) is 44.2 Å². The normalized spacial score (nSPS) is 26.9. The van der Waals surface area contributed by atoms with Crippen molar-refractivity contribution in [3.63, 3.8) is 0 Å². The van der Waals surface area contributed by atoms with Crippen LogP contribution in [-0.2, 0) is 10.2 Å². The van der Waals surface area contributed by atoms with Gasteiger partial charge in [0.1, 0.15) is 17.5 Å². The molecule has 2 aromatic carbocycles. The molecule has 1 heterocycles. The summed E-state index contributed by atoms with van der Waals surface area (Å²) in [7, 11) is 0. The third-order valence-electron chi connectivity index (χ3n) is 5.58. The minimum Gasteiger partial charge on any atom is -0.302 e. The monoisotopic (exact) mass is 432 g/mol. The van der Waals surface area contributed by atoms with Gasteiger partial charge in [-0.05, 0) is 41.2 Å². The molecule has 29 heavy (non-hydrogen) atoms. The van der Waals surface area contributed by atoms with Gasteiger partial charge in [-0.2, -0.15) is 5.26 Å². The molecule has 4 atom stereocenters. The van der Waals surface area contributed by atoms with Crippen LogP contribution in [0.5, 0.6) is 0 Å². The highest BCUT2D eigenvalue weighted by molar-refractivity contribution is 6.31. The fourth-order valence-electron chi connectivity index (χ4n) is 4.43. The van der Waals surface area contributed by atoms with Crippen molar-refractivity contribution >= 4 is 29.5 Å². The Labute approximate surface area is 180 Å². The Kier molecular flexibility index (Phi) is 6.06. The lowest BCUT2D eigenvalue weighted by molar-refractivity contribution is -0.109. The molecule has 1 aliphatic heterocycles. The van der Waals surface area contributed by atoms with Crippen molar-refractivity contribution in [2.45, 2.75) is 50.6 Å². The first-order chi connectivity index (χ1) is 13.6. The van der Waals surface area contributed by atoms with Crippen molar-refractivity contribution in [2.75, 3.05) is 0 Å². The summed E-state index contributed by atoms with van der Waals surface area (Å²) >= 11 is 12.1. The van der Waals surface area contributed by atoms with E-state index in [1.165, 1.54) is 6.07 Å². The zero-order valence-electron chi connectivity index (χ0n) is 16.5. The number of nitrogens with zero attached hydrogens (tertiary/aromatic N) is 1. The van der Waals surface area contributed by atoms with Gasteiger partial charge in [-0.1, -0.05) is 68.2 Å². The van der Waals surface area contributed by atoms with Gasteiger partial charge in [0.15, 0.2) is 0 Å². The summed E-state index contributed by atoms with van der Waals surface area (Å²) in [6.07, 6.45) is 1.38. The Morgan fingerprint density at radius 1 is 1.21 bits per heavy atom. The van der Waals surface area contributed by atoms with Crippen molar-refractivity contribution in [1.82, 2.24) is 5.32 Å². The largest absolute Gasteiger partial charge is 0.302 e. The number of halogens is 3. The molecule has 0 unspecified atom stereocenters. The predicted molar refractivity (Wildman–Crippen MR) is 114 cm³/mol. The zero-order chi connectivity index (χ0) is 21.4. The second-order valence-electron chi connectivity index (χ2n) is 8.75. The Bertz CT molecular complexity index is 949. The SMILES string of the molecule is CC(C)(C)C[C@@H]1N[C@@H](C=O)[C@H](c2cccc(Cl)c2F)[C@@]1(C#N)c1ccc(Cl)cc1. The van der Waals surface area contributed by atoms with Crippen LogP contribution in [0.2, 0.25) is 10.0 Å². The summed E-state index contributed by atoms with van der Waals surface area (Å²) in [5.41, 5.74) is -0.342. The number of aldehydes is 1. The number of rotatable bonds is 4. The molecule has 1 N–H and O–H groups in total. The molecule has 3 nitrogen and oxygen atoms in total. The fourth-order valence-corrected chi connectivity index (χ4v) is 4.74. The van der Waals surface area contributed by atoms with Gasteiger partial charge < -0.3 is 10.1 Å². The quantitative estimate of drug-likeness (QED) is 0.634. The first kappa shape index (κ1) is 21.8. The lowest BCUT2D eigenvalue weighted by Gasteiger charge is -2.37. The number of hydrogen-bond donors (Lipinski definition) is 1. The summed E-state index contributed by atoms with van der Waals surface area (Å²) in [5.74, 6) is -1.34. The van der Waals surface area contributed by atoms with E-state index in [-0.39, 0.29) is 22.0 Å². The fraction of sp³-hybridized carbons (Fsp3) is 0.391. The van der Waals surface area contributed by atoms with Gasteiger partial charge in [-0.25, -0.2) is 4.39 Å². The van der Waals surface area contributed by atoms with Crippen LogP contribution in [0.15, 0.2) is 42.5 Å². The average Bonchev–Trinajstić information content (AvgIpc) is 2.97. The molecular formula is C23H23Cl2FN2O. The number of carbonyl (C=O) groups excluding carboxylic acids is 1. The molecule has 1 fully saturated rings. The third kappa shape index (κ3) is 3.92. The van der Waals surface area contributed by atoms with E-state index in [1.807, 2.05) is 0 Å². The molecule has 0 amide bonds. The van der Waals surface area contributed by atoms with Crippen molar-refractivity contribution in [3.8, 4) is 6.07 Å². The summed E-state index contributed by atoms with van der Waals surface area (Å²) in [6, 6.07) is 13.1. The highest BCUT2D eigenvalue weighted by atomic mass is 35.5. The van der Waals surface area contributed by atoms with Crippen LogP contribution in [-0.4, -0.2) is 18.4 Å². The van der Waals surface area contributed by atoms with E-state index in [1.54, 1.807) is 36.4 Å². The van der Waals surface area contributed by atoms with Crippen molar-refractivity contribution < 1.29 is 9.18 Å². The van der Waals surface area contributed by atoms with Gasteiger partial charge in [0.05, 0.1) is 17.1 Å². The molecule has 152 valence electrons. The molecule has 0 aromatic heterocycles. The van der Waals surface area contributed by atoms with Crippen molar-refractivity contribution in [2.24, 2.45) is 5.41 Å². The predicted octanol–water partition coefficient (Wildman–Crippen LogP) is 5.65. The maximum Gasteiger partial charge on any atom is 0.145 e. The van der Waals surface area contributed by atoms with Gasteiger partial charge in [-0.3, -0.25) is 0 Å². The molecule has 0 spiro atoms. The van der Waals surface area contributed by atoms with E-state index in [0.717, 1.165) is 6.29 Å². The summed E-state index contributed by atoms with van der Waals surface area (Å²) in [5, 5.41) is 14.3. The Morgan fingerprint density at radius 2 is 1.86 bits per heavy atom. The molecule has 6 heteroatoms. The third-order valence-corrected chi connectivity index (χ3v) is 6.12. The Morgan fingerprint density at radius 3 is 2.41 bits per heavy atom.